The van der Waals surface area contributed by atoms with Gasteiger partial charge in [0.25, 0.3) is 5.91 Å². The third kappa shape index (κ3) is 7.03. The average molecular weight is 500 g/mol. The van der Waals surface area contributed by atoms with Crippen LogP contribution in [0.15, 0.2) is 30.3 Å². The second-order valence-electron chi connectivity index (χ2n) is 7.92. The van der Waals surface area contributed by atoms with Crippen molar-refractivity contribution >= 4 is 46.6 Å². The van der Waals surface area contributed by atoms with Crippen molar-refractivity contribution in [1.82, 2.24) is 10.2 Å². The van der Waals surface area contributed by atoms with Crippen molar-refractivity contribution in [3.05, 3.63) is 62.1 Å². The largest absolute Gasteiger partial charge is 0.484 e. The summed E-state index contributed by atoms with van der Waals surface area (Å²) in [5.41, 5.74) is 2.49. The van der Waals surface area contributed by atoms with Gasteiger partial charge in [-0.15, -0.1) is 0 Å². The van der Waals surface area contributed by atoms with E-state index in [9.17, 15) is 9.59 Å². The lowest BCUT2D eigenvalue weighted by Gasteiger charge is -2.29. The standard InChI is InChI=1S/C24H29Cl3N2O3/c1-6-16(4)28-24(31)17(5)29(12-18-7-8-20(25)21(26)11-18)22(30)13-32-19-9-14(2)23(27)15(3)10-19/h7-11,16-17H,6,12-13H2,1-5H3,(H,28,31)/t16-,17+/m0/s1. The number of nitrogens with zero attached hydrogens (tertiary/aromatic N) is 1. The molecule has 0 heterocycles. The third-order valence-corrected chi connectivity index (χ3v) is 6.61. The van der Waals surface area contributed by atoms with Crippen LogP contribution in [0.4, 0.5) is 0 Å². The number of amides is 2. The molecule has 0 aromatic heterocycles. The molecule has 0 saturated heterocycles. The first kappa shape index (κ1) is 26.3. The second-order valence-corrected chi connectivity index (χ2v) is 9.12. The van der Waals surface area contributed by atoms with Gasteiger partial charge in [0.15, 0.2) is 6.61 Å². The highest BCUT2D eigenvalue weighted by atomic mass is 35.5. The number of hydrogen-bond donors (Lipinski definition) is 1. The molecule has 2 amide bonds. The Morgan fingerprint density at radius 2 is 1.66 bits per heavy atom. The highest BCUT2D eigenvalue weighted by Crippen LogP contribution is 2.26. The van der Waals surface area contributed by atoms with Crippen molar-refractivity contribution in [2.45, 2.75) is 59.7 Å². The van der Waals surface area contributed by atoms with Crippen LogP contribution in [0.25, 0.3) is 0 Å². The number of ether oxygens (including phenoxy) is 1. The number of halogens is 3. The molecule has 32 heavy (non-hydrogen) atoms. The fourth-order valence-electron chi connectivity index (χ4n) is 3.10. The van der Waals surface area contributed by atoms with Gasteiger partial charge in [0.2, 0.25) is 5.91 Å². The minimum absolute atomic E-state index is 0.00291. The van der Waals surface area contributed by atoms with Gasteiger partial charge in [-0.2, -0.15) is 0 Å². The van der Waals surface area contributed by atoms with Gasteiger partial charge in [0.1, 0.15) is 11.8 Å². The zero-order valence-electron chi connectivity index (χ0n) is 19.0. The molecule has 0 bridgehead atoms. The topological polar surface area (TPSA) is 58.6 Å². The van der Waals surface area contributed by atoms with Crippen LogP contribution < -0.4 is 10.1 Å². The van der Waals surface area contributed by atoms with Crippen LogP contribution in [0.2, 0.25) is 15.1 Å². The highest BCUT2D eigenvalue weighted by molar-refractivity contribution is 6.42. The summed E-state index contributed by atoms with van der Waals surface area (Å²) in [5, 5.41) is 4.41. The molecule has 2 aromatic carbocycles. The number of rotatable bonds is 9. The predicted octanol–water partition coefficient (Wildman–Crippen LogP) is 5.97. The van der Waals surface area contributed by atoms with E-state index in [0.717, 1.165) is 23.1 Å². The fraction of sp³-hybridized carbons (Fsp3) is 0.417. The maximum Gasteiger partial charge on any atom is 0.261 e. The van der Waals surface area contributed by atoms with E-state index in [-0.39, 0.29) is 31.0 Å². The summed E-state index contributed by atoms with van der Waals surface area (Å²) in [5.74, 6) is -0.0111. The maximum atomic E-state index is 13.1. The quantitative estimate of drug-likeness (QED) is 0.462. The fourth-order valence-corrected chi connectivity index (χ4v) is 3.53. The summed E-state index contributed by atoms with van der Waals surface area (Å²) >= 11 is 18.4. The van der Waals surface area contributed by atoms with Crippen molar-refractivity contribution in [2.75, 3.05) is 6.61 Å². The van der Waals surface area contributed by atoms with Gasteiger partial charge in [0, 0.05) is 17.6 Å². The van der Waals surface area contributed by atoms with E-state index in [1.54, 1.807) is 37.3 Å². The Kier molecular flexibility index (Phi) is 9.68. The number of carbonyl (C=O) groups is 2. The lowest BCUT2D eigenvalue weighted by atomic mass is 10.1. The number of nitrogens with one attached hydrogen (secondary N) is 1. The van der Waals surface area contributed by atoms with E-state index >= 15 is 0 Å². The summed E-state index contributed by atoms with van der Waals surface area (Å²) in [6.45, 7) is 9.32. The predicted molar refractivity (Wildman–Crippen MR) is 131 cm³/mol. The summed E-state index contributed by atoms with van der Waals surface area (Å²) < 4.78 is 5.75. The highest BCUT2D eigenvalue weighted by Gasteiger charge is 2.27. The summed E-state index contributed by atoms with van der Waals surface area (Å²) in [4.78, 5) is 27.4. The van der Waals surface area contributed by atoms with Crippen LogP contribution in [0.1, 0.15) is 43.9 Å². The van der Waals surface area contributed by atoms with Crippen LogP contribution in [0, 0.1) is 13.8 Å². The lowest BCUT2D eigenvalue weighted by molar-refractivity contribution is -0.142. The molecule has 0 aliphatic rings. The molecule has 0 aliphatic heterocycles. The molecule has 1 N–H and O–H groups in total. The molecular weight excluding hydrogens is 471 g/mol. The van der Waals surface area contributed by atoms with Crippen LogP contribution in [0.5, 0.6) is 5.75 Å². The first-order chi connectivity index (χ1) is 15.0. The number of hydrogen-bond acceptors (Lipinski definition) is 3. The van der Waals surface area contributed by atoms with E-state index in [4.69, 9.17) is 39.5 Å². The Morgan fingerprint density at radius 3 is 2.22 bits per heavy atom. The first-order valence-corrected chi connectivity index (χ1v) is 11.6. The molecule has 0 saturated carbocycles. The van der Waals surface area contributed by atoms with E-state index in [1.165, 1.54) is 4.90 Å². The molecule has 5 nitrogen and oxygen atoms in total. The number of benzene rings is 2. The summed E-state index contributed by atoms with van der Waals surface area (Å²) in [6, 6.07) is 8.00. The second kappa shape index (κ2) is 11.8. The molecule has 0 aliphatic carbocycles. The van der Waals surface area contributed by atoms with Crippen LogP contribution in [-0.4, -0.2) is 35.4 Å². The van der Waals surface area contributed by atoms with Crippen molar-refractivity contribution in [2.24, 2.45) is 0 Å². The maximum absolute atomic E-state index is 13.1. The Balaban J connectivity index is 2.22. The van der Waals surface area contributed by atoms with Gasteiger partial charge < -0.3 is 15.0 Å². The Labute approximate surface area is 205 Å². The van der Waals surface area contributed by atoms with E-state index in [0.29, 0.717) is 20.8 Å². The molecule has 2 rings (SSSR count). The third-order valence-electron chi connectivity index (χ3n) is 5.28. The van der Waals surface area contributed by atoms with Gasteiger partial charge in [0.05, 0.1) is 10.0 Å². The molecular formula is C24H29Cl3N2O3. The monoisotopic (exact) mass is 498 g/mol. The van der Waals surface area contributed by atoms with Crippen molar-refractivity contribution in [1.29, 1.82) is 0 Å². The lowest BCUT2D eigenvalue weighted by Crippen LogP contribution is -2.50. The average Bonchev–Trinajstić information content (AvgIpc) is 2.75. The minimum Gasteiger partial charge on any atom is -0.484 e. The molecule has 0 radical (unpaired) electrons. The molecule has 8 heteroatoms. The minimum atomic E-state index is -0.705. The summed E-state index contributed by atoms with van der Waals surface area (Å²) in [6.07, 6.45) is 0.789. The van der Waals surface area contributed by atoms with Gasteiger partial charge >= 0.3 is 0 Å². The van der Waals surface area contributed by atoms with Crippen LogP contribution >= 0.6 is 34.8 Å². The van der Waals surface area contributed by atoms with Gasteiger partial charge in [-0.3, -0.25) is 9.59 Å². The van der Waals surface area contributed by atoms with Crippen LogP contribution in [0.3, 0.4) is 0 Å². The van der Waals surface area contributed by atoms with Crippen molar-refractivity contribution < 1.29 is 14.3 Å². The molecule has 0 spiro atoms. The zero-order valence-corrected chi connectivity index (χ0v) is 21.2. The van der Waals surface area contributed by atoms with Gasteiger partial charge in [-0.05, 0) is 75.1 Å². The molecule has 174 valence electrons. The van der Waals surface area contributed by atoms with E-state index < -0.39 is 6.04 Å². The molecule has 0 unspecified atom stereocenters. The first-order valence-electron chi connectivity index (χ1n) is 10.5. The zero-order chi connectivity index (χ0) is 24.0. The molecule has 2 aromatic rings. The Hall–Kier alpha value is -1.95. The van der Waals surface area contributed by atoms with Gasteiger partial charge in [-0.25, -0.2) is 0 Å². The van der Waals surface area contributed by atoms with Gasteiger partial charge in [-0.1, -0.05) is 47.8 Å². The van der Waals surface area contributed by atoms with E-state index in [1.807, 2.05) is 27.7 Å². The summed E-state index contributed by atoms with van der Waals surface area (Å²) in [7, 11) is 0. The smallest absolute Gasteiger partial charge is 0.261 e. The normalized spacial score (nSPS) is 12.8. The molecule has 0 fully saturated rings. The van der Waals surface area contributed by atoms with Crippen LogP contribution in [-0.2, 0) is 16.1 Å². The number of aryl methyl sites for hydroxylation is 2. The van der Waals surface area contributed by atoms with Crippen molar-refractivity contribution in [3.63, 3.8) is 0 Å². The van der Waals surface area contributed by atoms with E-state index in [2.05, 4.69) is 5.32 Å². The SMILES string of the molecule is CC[C@H](C)NC(=O)[C@@H](C)N(Cc1ccc(Cl)c(Cl)c1)C(=O)COc1cc(C)c(Cl)c(C)c1. The Bertz CT molecular complexity index is 958. The van der Waals surface area contributed by atoms with Crippen molar-refractivity contribution in [3.8, 4) is 5.75 Å². The molecule has 2 atom stereocenters. The Morgan fingerprint density at radius 1 is 1.03 bits per heavy atom. The number of carbonyl (C=O) groups excluding carboxylic acids is 2.